The van der Waals surface area contributed by atoms with Gasteiger partial charge in [0.15, 0.2) is 0 Å². The first-order valence-corrected chi connectivity index (χ1v) is 11.3. The zero-order chi connectivity index (χ0) is 22.0. The Kier molecular flexibility index (Phi) is 6.46. The number of benzene rings is 2. The monoisotopic (exact) mass is 528 g/mol. The van der Waals surface area contributed by atoms with E-state index in [1.807, 2.05) is 61.2 Å². The summed E-state index contributed by atoms with van der Waals surface area (Å²) in [5.74, 6) is 1.35. The van der Waals surface area contributed by atoms with Crippen molar-refractivity contribution in [2.24, 2.45) is 0 Å². The van der Waals surface area contributed by atoms with E-state index in [-0.39, 0.29) is 5.91 Å². The zero-order valence-electron chi connectivity index (χ0n) is 17.9. The summed E-state index contributed by atoms with van der Waals surface area (Å²) in [6.07, 6.45) is 0.819. The van der Waals surface area contributed by atoms with E-state index in [4.69, 9.17) is 9.47 Å². The number of fused-ring (bicyclic) bond motifs is 1. The van der Waals surface area contributed by atoms with E-state index < -0.39 is 0 Å². The van der Waals surface area contributed by atoms with Crippen LogP contribution in [0.2, 0.25) is 0 Å². The topological polar surface area (TPSA) is 51.7 Å². The molecule has 0 bridgehead atoms. The summed E-state index contributed by atoms with van der Waals surface area (Å²) in [6.45, 7) is 5.58. The summed E-state index contributed by atoms with van der Waals surface area (Å²) in [7, 11) is 1.63. The largest absolute Gasteiger partial charge is 0.496 e. The number of halogens is 1. The van der Waals surface area contributed by atoms with Crippen molar-refractivity contribution in [3.05, 3.63) is 85.6 Å². The van der Waals surface area contributed by atoms with Crippen LogP contribution in [0, 0.1) is 17.4 Å². The van der Waals surface area contributed by atoms with Gasteiger partial charge in [-0.3, -0.25) is 4.79 Å². The van der Waals surface area contributed by atoms with Crippen LogP contribution in [0.5, 0.6) is 11.6 Å². The Labute approximate surface area is 196 Å². The first kappa shape index (κ1) is 21.6. The van der Waals surface area contributed by atoms with E-state index >= 15 is 0 Å². The van der Waals surface area contributed by atoms with Crippen LogP contribution in [-0.2, 0) is 19.6 Å². The number of rotatable bonds is 6. The number of ether oxygens (including phenoxy) is 2. The fraction of sp³-hybridized carbons (Fsp3) is 0.280. The molecule has 0 aliphatic carbocycles. The molecule has 31 heavy (non-hydrogen) atoms. The van der Waals surface area contributed by atoms with E-state index in [1.54, 1.807) is 7.11 Å². The van der Waals surface area contributed by atoms with Gasteiger partial charge in [-0.1, -0.05) is 30.3 Å². The maximum absolute atomic E-state index is 13.3. The van der Waals surface area contributed by atoms with Crippen LogP contribution in [0.25, 0.3) is 0 Å². The SMILES string of the molecule is COc1cc2c(cc1I)CCN(Cc1c(C)cc(C)nc1OCc1ccccc1)C2=O. The molecule has 0 radical (unpaired) electrons. The van der Waals surface area contributed by atoms with Crippen LogP contribution >= 0.6 is 22.6 Å². The minimum absolute atomic E-state index is 0.0185. The van der Waals surface area contributed by atoms with Gasteiger partial charge < -0.3 is 14.4 Å². The lowest BCUT2D eigenvalue weighted by Gasteiger charge is -2.30. The minimum atomic E-state index is 0.0185. The number of carbonyl (C=O) groups is 1. The molecule has 0 saturated carbocycles. The number of aromatic nitrogens is 1. The molecule has 1 aliphatic rings. The average molecular weight is 528 g/mol. The summed E-state index contributed by atoms with van der Waals surface area (Å²) < 4.78 is 12.6. The molecule has 0 fully saturated rings. The second kappa shape index (κ2) is 9.26. The predicted molar refractivity (Wildman–Crippen MR) is 129 cm³/mol. The number of pyridine rings is 1. The van der Waals surface area contributed by atoms with E-state index in [0.717, 1.165) is 43.7 Å². The fourth-order valence-corrected chi connectivity index (χ4v) is 4.64. The normalized spacial score (nSPS) is 13.2. The van der Waals surface area contributed by atoms with Crippen molar-refractivity contribution in [3.8, 4) is 11.6 Å². The Balaban J connectivity index is 1.59. The minimum Gasteiger partial charge on any atom is -0.496 e. The molecular weight excluding hydrogens is 503 g/mol. The first-order valence-electron chi connectivity index (χ1n) is 10.3. The van der Waals surface area contributed by atoms with Crippen molar-refractivity contribution >= 4 is 28.5 Å². The van der Waals surface area contributed by atoms with Gasteiger partial charge in [0, 0.05) is 23.4 Å². The number of nitrogens with zero attached hydrogens (tertiary/aromatic N) is 2. The van der Waals surface area contributed by atoms with Crippen LogP contribution in [0.15, 0.2) is 48.5 Å². The van der Waals surface area contributed by atoms with E-state index in [0.29, 0.717) is 31.1 Å². The molecule has 1 aromatic heterocycles. The summed E-state index contributed by atoms with van der Waals surface area (Å²) in [6, 6.07) is 16.0. The maximum atomic E-state index is 13.3. The molecule has 2 heterocycles. The van der Waals surface area contributed by atoms with Crippen molar-refractivity contribution in [2.45, 2.75) is 33.4 Å². The summed E-state index contributed by atoms with van der Waals surface area (Å²) in [4.78, 5) is 19.8. The molecule has 0 unspecified atom stereocenters. The van der Waals surface area contributed by atoms with Gasteiger partial charge in [-0.2, -0.15) is 0 Å². The fourth-order valence-electron chi connectivity index (χ4n) is 3.89. The van der Waals surface area contributed by atoms with Gasteiger partial charge in [-0.15, -0.1) is 0 Å². The van der Waals surface area contributed by atoms with Crippen molar-refractivity contribution in [3.63, 3.8) is 0 Å². The molecule has 6 heteroatoms. The number of carbonyl (C=O) groups excluding carboxylic acids is 1. The molecule has 5 nitrogen and oxygen atoms in total. The van der Waals surface area contributed by atoms with Crippen molar-refractivity contribution in [1.82, 2.24) is 9.88 Å². The highest BCUT2D eigenvalue weighted by molar-refractivity contribution is 14.1. The van der Waals surface area contributed by atoms with Gasteiger partial charge in [-0.05, 0) is 77.7 Å². The van der Waals surface area contributed by atoms with Crippen LogP contribution in [0.1, 0.15) is 38.3 Å². The molecule has 2 aromatic carbocycles. The number of amides is 1. The first-order chi connectivity index (χ1) is 15.0. The Morgan fingerprint density at radius 3 is 2.65 bits per heavy atom. The highest BCUT2D eigenvalue weighted by Gasteiger charge is 2.27. The van der Waals surface area contributed by atoms with Gasteiger partial charge in [0.05, 0.1) is 17.2 Å². The van der Waals surface area contributed by atoms with Crippen molar-refractivity contribution in [2.75, 3.05) is 13.7 Å². The third-order valence-corrected chi connectivity index (χ3v) is 6.39. The second-order valence-corrected chi connectivity index (χ2v) is 8.92. The molecule has 1 aliphatic heterocycles. The van der Waals surface area contributed by atoms with E-state index in [2.05, 4.69) is 33.6 Å². The van der Waals surface area contributed by atoms with Crippen LogP contribution in [0.3, 0.4) is 0 Å². The van der Waals surface area contributed by atoms with Crippen molar-refractivity contribution < 1.29 is 14.3 Å². The lowest BCUT2D eigenvalue weighted by atomic mass is 9.97. The summed E-state index contributed by atoms with van der Waals surface area (Å²) >= 11 is 2.25. The lowest BCUT2D eigenvalue weighted by molar-refractivity contribution is 0.0724. The summed E-state index contributed by atoms with van der Waals surface area (Å²) in [5, 5.41) is 0. The molecule has 160 valence electrons. The third kappa shape index (κ3) is 4.69. The highest BCUT2D eigenvalue weighted by atomic mass is 127. The highest BCUT2D eigenvalue weighted by Crippen LogP contribution is 2.31. The molecule has 0 atom stereocenters. The molecule has 0 saturated heterocycles. The quantitative estimate of drug-likeness (QED) is 0.419. The van der Waals surface area contributed by atoms with Gasteiger partial charge in [0.1, 0.15) is 12.4 Å². The Bertz CT molecular complexity index is 1120. The number of hydrogen-bond donors (Lipinski definition) is 0. The lowest BCUT2D eigenvalue weighted by Crippen LogP contribution is -2.37. The smallest absolute Gasteiger partial charge is 0.254 e. The maximum Gasteiger partial charge on any atom is 0.254 e. The molecule has 0 spiro atoms. The molecule has 0 N–H and O–H groups in total. The Hall–Kier alpha value is -2.61. The third-order valence-electron chi connectivity index (χ3n) is 5.55. The van der Waals surface area contributed by atoms with Gasteiger partial charge in [0.2, 0.25) is 5.88 Å². The zero-order valence-corrected chi connectivity index (χ0v) is 20.1. The molecule has 4 rings (SSSR count). The number of aryl methyl sites for hydroxylation is 2. The average Bonchev–Trinajstić information content (AvgIpc) is 2.76. The van der Waals surface area contributed by atoms with Crippen LogP contribution in [0.4, 0.5) is 0 Å². The standard InChI is InChI=1S/C25H25IN2O3/c1-16-11-17(2)27-24(31-15-18-7-5-4-6-8-18)21(16)14-28-10-9-19-12-22(26)23(30-3)13-20(19)25(28)29/h4-8,11-13H,9-10,14-15H2,1-3H3. The number of methoxy groups -OCH3 is 1. The van der Waals surface area contributed by atoms with Gasteiger partial charge in [-0.25, -0.2) is 4.98 Å². The van der Waals surface area contributed by atoms with Gasteiger partial charge in [0.25, 0.3) is 5.91 Å². The molecule has 1 amide bonds. The number of hydrogen-bond acceptors (Lipinski definition) is 4. The second-order valence-electron chi connectivity index (χ2n) is 7.76. The predicted octanol–water partition coefficient (Wildman–Crippen LogP) is 5.09. The van der Waals surface area contributed by atoms with Crippen molar-refractivity contribution in [1.29, 1.82) is 0 Å². The Morgan fingerprint density at radius 1 is 1.13 bits per heavy atom. The molecule has 3 aromatic rings. The Morgan fingerprint density at radius 2 is 1.90 bits per heavy atom. The summed E-state index contributed by atoms with van der Waals surface area (Å²) in [5.41, 5.74) is 5.81. The van der Waals surface area contributed by atoms with Gasteiger partial charge >= 0.3 is 0 Å². The van der Waals surface area contributed by atoms with E-state index in [9.17, 15) is 4.79 Å². The molecular formula is C25H25IN2O3. The van der Waals surface area contributed by atoms with Crippen LogP contribution in [-0.4, -0.2) is 29.4 Å². The van der Waals surface area contributed by atoms with E-state index in [1.165, 1.54) is 0 Å². The van der Waals surface area contributed by atoms with Crippen LogP contribution < -0.4 is 9.47 Å².